The molecule has 0 aliphatic heterocycles. The number of carbonyl (C=O) groups excluding carboxylic acids is 4. The molecule has 14 nitrogen and oxygen atoms in total. The standard InChI is InChI=1S/C15H25N5O9/c1-5(15(28)29)18-13(26)8(4-9(17)22)19-14(27)11(6(2)21)20-12(25)7(16)3-10(23)24/h5-8,11,21H,3-4,16H2,1-2H3,(H2,17,22)(H,18,26)(H,19,27)(H,20,25)(H,23,24)(H,28,29). The van der Waals surface area contributed by atoms with Crippen LogP contribution in [0.2, 0.25) is 0 Å². The summed E-state index contributed by atoms with van der Waals surface area (Å²) in [7, 11) is 0. The fraction of sp³-hybridized carbons (Fsp3) is 0.600. The monoisotopic (exact) mass is 419 g/mol. The molecule has 0 aliphatic rings. The number of carbonyl (C=O) groups is 6. The van der Waals surface area contributed by atoms with Gasteiger partial charge >= 0.3 is 11.9 Å². The van der Waals surface area contributed by atoms with E-state index >= 15 is 0 Å². The highest BCUT2D eigenvalue weighted by Crippen LogP contribution is 2.00. The lowest BCUT2D eigenvalue weighted by Crippen LogP contribution is -2.60. The van der Waals surface area contributed by atoms with Gasteiger partial charge in [-0.15, -0.1) is 0 Å². The van der Waals surface area contributed by atoms with Crippen LogP contribution in [0.15, 0.2) is 0 Å². The summed E-state index contributed by atoms with van der Waals surface area (Å²) in [6.07, 6.45) is -2.92. The molecule has 0 fully saturated rings. The van der Waals surface area contributed by atoms with Crippen molar-refractivity contribution in [3.63, 3.8) is 0 Å². The Bertz CT molecular complexity index is 667. The van der Waals surface area contributed by atoms with Crippen LogP contribution in [0, 0.1) is 0 Å². The van der Waals surface area contributed by atoms with E-state index in [9.17, 15) is 33.9 Å². The van der Waals surface area contributed by atoms with Gasteiger partial charge < -0.3 is 42.7 Å². The van der Waals surface area contributed by atoms with Gasteiger partial charge in [0, 0.05) is 0 Å². The van der Waals surface area contributed by atoms with Crippen LogP contribution in [0.25, 0.3) is 0 Å². The van der Waals surface area contributed by atoms with Gasteiger partial charge in [0.25, 0.3) is 0 Å². The number of aliphatic hydroxyl groups is 1. The van der Waals surface area contributed by atoms with Gasteiger partial charge in [0.1, 0.15) is 18.1 Å². The maximum Gasteiger partial charge on any atom is 0.325 e. The molecule has 0 aromatic rings. The number of rotatable bonds is 12. The zero-order valence-corrected chi connectivity index (χ0v) is 15.7. The van der Waals surface area contributed by atoms with E-state index in [-0.39, 0.29) is 0 Å². The Hall–Kier alpha value is -3.26. The Labute approximate surface area is 165 Å². The predicted octanol–water partition coefficient (Wildman–Crippen LogP) is -4.40. The summed E-state index contributed by atoms with van der Waals surface area (Å²) in [5, 5.41) is 33.4. The van der Waals surface area contributed by atoms with E-state index in [1.54, 1.807) is 0 Å². The van der Waals surface area contributed by atoms with Crippen LogP contribution >= 0.6 is 0 Å². The third-order valence-corrected chi connectivity index (χ3v) is 3.56. The van der Waals surface area contributed by atoms with Crippen molar-refractivity contribution in [3.8, 4) is 0 Å². The van der Waals surface area contributed by atoms with E-state index in [0.29, 0.717) is 0 Å². The summed E-state index contributed by atoms with van der Waals surface area (Å²) >= 11 is 0. The third kappa shape index (κ3) is 9.48. The first-order chi connectivity index (χ1) is 13.3. The summed E-state index contributed by atoms with van der Waals surface area (Å²) in [4.78, 5) is 69.1. The molecular formula is C15H25N5O9. The smallest absolute Gasteiger partial charge is 0.325 e. The van der Waals surface area contributed by atoms with Gasteiger partial charge in [-0.3, -0.25) is 28.8 Å². The van der Waals surface area contributed by atoms with Gasteiger partial charge in [0.2, 0.25) is 23.6 Å². The summed E-state index contributed by atoms with van der Waals surface area (Å²) in [5.74, 6) is -6.93. The second-order valence-electron chi connectivity index (χ2n) is 6.23. The average molecular weight is 419 g/mol. The minimum absolute atomic E-state index is 0.692. The van der Waals surface area contributed by atoms with Crippen LogP contribution in [0.1, 0.15) is 26.7 Å². The molecule has 0 saturated carbocycles. The number of amides is 4. The lowest BCUT2D eigenvalue weighted by molar-refractivity contribution is -0.142. The van der Waals surface area contributed by atoms with E-state index in [1.165, 1.54) is 0 Å². The van der Waals surface area contributed by atoms with Crippen LogP contribution in [-0.4, -0.2) is 81.2 Å². The highest BCUT2D eigenvalue weighted by atomic mass is 16.4. The topological polar surface area (TPSA) is 251 Å². The Morgan fingerprint density at radius 3 is 1.83 bits per heavy atom. The fourth-order valence-electron chi connectivity index (χ4n) is 1.99. The van der Waals surface area contributed by atoms with Crippen LogP contribution < -0.4 is 27.4 Å². The number of primary amides is 1. The van der Waals surface area contributed by atoms with Gasteiger partial charge in [0.05, 0.1) is 25.0 Å². The summed E-state index contributed by atoms with van der Waals surface area (Å²) in [6, 6.07) is -6.09. The fourth-order valence-corrected chi connectivity index (χ4v) is 1.99. The van der Waals surface area contributed by atoms with E-state index in [0.717, 1.165) is 13.8 Å². The zero-order valence-electron chi connectivity index (χ0n) is 15.7. The summed E-state index contributed by atoms with van der Waals surface area (Å²) in [6.45, 7) is 2.27. The van der Waals surface area contributed by atoms with Gasteiger partial charge in [-0.05, 0) is 13.8 Å². The van der Waals surface area contributed by atoms with E-state index in [2.05, 4.69) is 5.32 Å². The predicted molar refractivity (Wildman–Crippen MR) is 94.8 cm³/mol. The molecule has 0 rings (SSSR count). The molecule has 164 valence electrons. The molecule has 0 aromatic carbocycles. The summed E-state index contributed by atoms with van der Waals surface area (Å²) in [5.41, 5.74) is 10.4. The average Bonchev–Trinajstić information content (AvgIpc) is 2.56. The second kappa shape index (κ2) is 11.6. The van der Waals surface area contributed by atoms with Gasteiger partial charge in [-0.25, -0.2) is 0 Å². The molecule has 10 N–H and O–H groups in total. The highest BCUT2D eigenvalue weighted by Gasteiger charge is 2.32. The molecule has 0 spiro atoms. The van der Waals surface area contributed by atoms with Crippen LogP contribution in [0.4, 0.5) is 0 Å². The first-order valence-electron chi connectivity index (χ1n) is 8.33. The molecule has 0 aromatic heterocycles. The maximum atomic E-state index is 12.4. The van der Waals surface area contributed by atoms with Crippen molar-refractivity contribution in [1.29, 1.82) is 0 Å². The number of nitrogens with one attached hydrogen (secondary N) is 3. The molecule has 5 atom stereocenters. The molecular weight excluding hydrogens is 394 g/mol. The van der Waals surface area contributed by atoms with Crippen LogP contribution in [-0.2, 0) is 28.8 Å². The number of carboxylic acids is 2. The molecule has 0 radical (unpaired) electrons. The number of aliphatic carboxylic acids is 2. The van der Waals surface area contributed by atoms with Crippen LogP contribution in [0.5, 0.6) is 0 Å². The molecule has 0 bridgehead atoms. The quantitative estimate of drug-likeness (QED) is 0.151. The largest absolute Gasteiger partial charge is 0.481 e. The van der Waals surface area contributed by atoms with Crippen molar-refractivity contribution >= 4 is 35.6 Å². The molecule has 0 heterocycles. The van der Waals surface area contributed by atoms with E-state index < -0.39 is 78.7 Å². The molecule has 0 aliphatic carbocycles. The third-order valence-electron chi connectivity index (χ3n) is 3.56. The Balaban J connectivity index is 5.31. The van der Waals surface area contributed by atoms with Gasteiger partial charge in [-0.1, -0.05) is 0 Å². The van der Waals surface area contributed by atoms with Crippen molar-refractivity contribution in [3.05, 3.63) is 0 Å². The van der Waals surface area contributed by atoms with Crippen molar-refractivity contribution in [1.82, 2.24) is 16.0 Å². The highest BCUT2D eigenvalue weighted by molar-refractivity contribution is 5.96. The van der Waals surface area contributed by atoms with Crippen LogP contribution in [0.3, 0.4) is 0 Å². The first-order valence-corrected chi connectivity index (χ1v) is 8.33. The molecule has 14 heteroatoms. The Kier molecular flexibility index (Phi) is 10.3. The lowest BCUT2D eigenvalue weighted by atomic mass is 10.1. The van der Waals surface area contributed by atoms with Crippen molar-refractivity contribution in [2.75, 3.05) is 0 Å². The minimum atomic E-state index is -1.65. The van der Waals surface area contributed by atoms with E-state index in [1.807, 2.05) is 10.6 Å². The minimum Gasteiger partial charge on any atom is -0.481 e. The Morgan fingerprint density at radius 1 is 0.862 bits per heavy atom. The van der Waals surface area contributed by atoms with Crippen molar-refractivity contribution < 1.29 is 44.1 Å². The van der Waals surface area contributed by atoms with Gasteiger partial charge in [-0.2, -0.15) is 0 Å². The number of carboxylic acid groups (broad SMARTS) is 2. The second-order valence-corrected chi connectivity index (χ2v) is 6.23. The molecule has 4 amide bonds. The normalized spacial score (nSPS) is 15.7. The number of hydrogen-bond donors (Lipinski definition) is 8. The zero-order chi connectivity index (χ0) is 22.9. The van der Waals surface area contributed by atoms with E-state index in [4.69, 9.17) is 21.7 Å². The lowest BCUT2D eigenvalue weighted by Gasteiger charge is -2.25. The SMILES string of the molecule is CC(NC(=O)C(CC(N)=O)NC(=O)C(NC(=O)C(N)CC(=O)O)C(C)O)C(=O)O. The molecule has 5 unspecified atom stereocenters. The number of hydrogen-bond acceptors (Lipinski definition) is 8. The summed E-state index contributed by atoms with van der Waals surface area (Å²) < 4.78 is 0. The molecule has 29 heavy (non-hydrogen) atoms. The molecule has 0 saturated heterocycles. The maximum absolute atomic E-state index is 12.4. The van der Waals surface area contributed by atoms with Gasteiger partial charge in [0.15, 0.2) is 0 Å². The first kappa shape index (κ1) is 25.7. The van der Waals surface area contributed by atoms with Crippen molar-refractivity contribution in [2.24, 2.45) is 11.5 Å². The number of nitrogens with two attached hydrogens (primary N) is 2. The Morgan fingerprint density at radius 2 is 1.41 bits per heavy atom. The number of aliphatic hydroxyl groups excluding tert-OH is 1. The van der Waals surface area contributed by atoms with Crippen molar-refractivity contribution in [2.45, 2.75) is 57.0 Å².